The van der Waals surface area contributed by atoms with Crippen molar-refractivity contribution in [3.05, 3.63) is 0 Å². The number of Topliss-reactive ketones (excluding diaryl/α,β-unsaturated/α-hetero) is 2. The summed E-state index contributed by atoms with van der Waals surface area (Å²) in [4.78, 5) is 21.8. The molecule has 0 aromatic heterocycles. The standard InChI is InChI=1S/C7H14N2O3/c1-4(10)6(5(2)11)7(3,12)9-8/h6,9,12H,8H2,1-3H3. The lowest BCUT2D eigenvalue weighted by Crippen LogP contribution is -2.56. The minimum atomic E-state index is -1.67. The van der Waals surface area contributed by atoms with Gasteiger partial charge in [-0.2, -0.15) is 0 Å². The van der Waals surface area contributed by atoms with Gasteiger partial charge in [0, 0.05) is 0 Å². The molecule has 0 aromatic rings. The number of nitrogens with one attached hydrogen (secondary N) is 1. The Labute approximate surface area is 70.9 Å². The van der Waals surface area contributed by atoms with Gasteiger partial charge in [-0.05, 0) is 20.8 Å². The molecule has 0 aliphatic rings. The van der Waals surface area contributed by atoms with Crippen LogP contribution in [0, 0.1) is 5.92 Å². The van der Waals surface area contributed by atoms with Crippen LogP contribution in [0.3, 0.4) is 0 Å². The second kappa shape index (κ2) is 3.75. The number of aliphatic hydroxyl groups is 1. The maximum atomic E-state index is 10.9. The van der Waals surface area contributed by atoms with Crippen LogP contribution in [-0.4, -0.2) is 22.4 Å². The van der Waals surface area contributed by atoms with Crippen molar-refractivity contribution in [3.63, 3.8) is 0 Å². The Morgan fingerprint density at radius 3 is 1.83 bits per heavy atom. The monoisotopic (exact) mass is 174 g/mol. The molecule has 0 heterocycles. The zero-order chi connectivity index (χ0) is 9.94. The lowest BCUT2D eigenvalue weighted by Gasteiger charge is -2.28. The summed E-state index contributed by atoms with van der Waals surface area (Å²) in [5, 5.41) is 9.45. The number of hydrogen-bond donors (Lipinski definition) is 3. The van der Waals surface area contributed by atoms with Crippen LogP contribution in [0.4, 0.5) is 0 Å². The van der Waals surface area contributed by atoms with Gasteiger partial charge in [-0.3, -0.25) is 15.4 Å². The van der Waals surface area contributed by atoms with Gasteiger partial charge in [0.1, 0.15) is 23.2 Å². The highest BCUT2D eigenvalue weighted by molar-refractivity contribution is 6.01. The van der Waals surface area contributed by atoms with E-state index >= 15 is 0 Å². The topological polar surface area (TPSA) is 92.4 Å². The van der Waals surface area contributed by atoms with Crippen LogP contribution >= 0.6 is 0 Å². The van der Waals surface area contributed by atoms with Gasteiger partial charge in [-0.15, -0.1) is 0 Å². The predicted octanol–water partition coefficient (Wildman–Crippen LogP) is -1.05. The molecule has 0 radical (unpaired) electrons. The fourth-order valence-electron chi connectivity index (χ4n) is 1.16. The van der Waals surface area contributed by atoms with E-state index in [2.05, 4.69) is 0 Å². The Hall–Kier alpha value is -0.780. The number of carbonyl (C=O) groups excluding carboxylic acids is 2. The van der Waals surface area contributed by atoms with E-state index < -0.39 is 23.2 Å². The third kappa shape index (κ3) is 2.37. The Kier molecular flexibility index (Phi) is 3.51. The highest BCUT2D eigenvalue weighted by atomic mass is 16.3. The quantitative estimate of drug-likeness (QED) is 0.219. The molecule has 4 N–H and O–H groups in total. The van der Waals surface area contributed by atoms with E-state index in [1.807, 2.05) is 5.43 Å². The van der Waals surface area contributed by atoms with Crippen molar-refractivity contribution < 1.29 is 14.7 Å². The van der Waals surface area contributed by atoms with Gasteiger partial charge in [0.2, 0.25) is 0 Å². The lowest BCUT2D eigenvalue weighted by atomic mass is 9.90. The molecular formula is C7H14N2O3. The number of nitrogens with two attached hydrogens (primary N) is 1. The molecule has 0 rings (SSSR count). The number of carbonyl (C=O) groups is 2. The molecular weight excluding hydrogens is 160 g/mol. The third-order valence-electron chi connectivity index (χ3n) is 1.67. The van der Waals surface area contributed by atoms with Crippen LogP contribution in [0.15, 0.2) is 0 Å². The van der Waals surface area contributed by atoms with Gasteiger partial charge in [0.05, 0.1) is 0 Å². The highest BCUT2D eigenvalue weighted by Crippen LogP contribution is 2.15. The predicted molar refractivity (Wildman–Crippen MR) is 42.8 cm³/mol. The number of ketones is 2. The summed E-state index contributed by atoms with van der Waals surface area (Å²) in [7, 11) is 0. The van der Waals surface area contributed by atoms with Crippen molar-refractivity contribution in [2.75, 3.05) is 0 Å². The molecule has 70 valence electrons. The number of hydrazine groups is 1. The minimum absolute atomic E-state index is 0.412. The van der Waals surface area contributed by atoms with Crippen LogP contribution in [0.1, 0.15) is 20.8 Å². The Morgan fingerprint density at radius 2 is 1.75 bits per heavy atom. The van der Waals surface area contributed by atoms with Gasteiger partial charge in [0.15, 0.2) is 0 Å². The number of hydrogen-bond acceptors (Lipinski definition) is 5. The molecule has 0 saturated heterocycles. The zero-order valence-electron chi connectivity index (χ0n) is 7.42. The fourth-order valence-corrected chi connectivity index (χ4v) is 1.16. The van der Waals surface area contributed by atoms with Gasteiger partial charge < -0.3 is 5.11 Å². The van der Waals surface area contributed by atoms with E-state index in [0.29, 0.717) is 0 Å². The molecule has 1 unspecified atom stereocenters. The molecule has 0 fully saturated rings. The second-order valence-electron chi connectivity index (χ2n) is 2.95. The average molecular weight is 174 g/mol. The van der Waals surface area contributed by atoms with E-state index in [1.54, 1.807) is 0 Å². The molecule has 0 bridgehead atoms. The van der Waals surface area contributed by atoms with Crippen LogP contribution in [-0.2, 0) is 9.59 Å². The summed E-state index contributed by atoms with van der Waals surface area (Å²) >= 11 is 0. The molecule has 1 atom stereocenters. The molecule has 0 aromatic carbocycles. The first-order valence-corrected chi connectivity index (χ1v) is 3.54. The molecule has 0 amide bonds. The maximum absolute atomic E-state index is 10.9. The van der Waals surface area contributed by atoms with Crippen molar-refractivity contribution >= 4 is 11.6 Å². The zero-order valence-corrected chi connectivity index (χ0v) is 7.42. The smallest absolute Gasteiger partial charge is 0.144 e. The second-order valence-corrected chi connectivity index (χ2v) is 2.95. The van der Waals surface area contributed by atoms with Gasteiger partial charge >= 0.3 is 0 Å². The van der Waals surface area contributed by atoms with Gasteiger partial charge in [0.25, 0.3) is 0 Å². The van der Waals surface area contributed by atoms with Gasteiger partial charge in [-0.25, -0.2) is 5.43 Å². The van der Waals surface area contributed by atoms with Crippen molar-refractivity contribution in [2.24, 2.45) is 11.8 Å². The molecule has 5 nitrogen and oxygen atoms in total. The summed E-state index contributed by atoms with van der Waals surface area (Å²) in [6.07, 6.45) is 0. The first-order valence-electron chi connectivity index (χ1n) is 3.54. The SMILES string of the molecule is CC(=O)C(C(C)=O)C(C)(O)NN. The molecule has 0 saturated carbocycles. The lowest BCUT2D eigenvalue weighted by molar-refractivity contribution is -0.143. The van der Waals surface area contributed by atoms with Crippen LogP contribution in [0.5, 0.6) is 0 Å². The average Bonchev–Trinajstić information content (AvgIpc) is 1.84. The molecule has 0 aliphatic heterocycles. The fraction of sp³-hybridized carbons (Fsp3) is 0.714. The summed E-state index contributed by atoms with van der Waals surface area (Å²) in [5.74, 6) is 3.05. The minimum Gasteiger partial charge on any atom is -0.374 e. The van der Waals surface area contributed by atoms with E-state index in [1.165, 1.54) is 20.8 Å². The van der Waals surface area contributed by atoms with E-state index in [-0.39, 0.29) is 0 Å². The van der Waals surface area contributed by atoms with Gasteiger partial charge in [-0.1, -0.05) is 0 Å². The van der Waals surface area contributed by atoms with Crippen LogP contribution in [0.25, 0.3) is 0 Å². The summed E-state index contributed by atoms with van der Waals surface area (Å²) in [6, 6.07) is 0. The Balaban J connectivity index is 4.74. The third-order valence-corrected chi connectivity index (χ3v) is 1.67. The van der Waals surface area contributed by atoms with Crippen molar-refractivity contribution in [1.29, 1.82) is 0 Å². The van der Waals surface area contributed by atoms with E-state index in [4.69, 9.17) is 5.84 Å². The van der Waals surface area contributed by atoms with E-state index in [9.17, 15) is 14.7 Å². The molecule has 0 aliphatic carbocycles. The largest absolute Gasteiger partial charge is 0.374 e. The highest BCUT2D eigenvalue weighted by Gasteiger charge is 2.37. The number of rotatable bonds is 4. The summed E-state index contributed by atoms with van der Waals surface area (Å²) in [5.41, 5.74) is 0.349. The molecule has 5 heteroatoms. The van der Waals surface area contributed by atoms with Crippen LogP contribution < -0.4 is 11.3 Å². The normalized spacial score (nSPS) is 15.8. The van der Waals surface area contributed by atoms with Crippen molar-refractivity contribution in [3.8, 4) is 0 Å². The van der Waals surface area contributed by atoms with Crippen molar-refractivity contribution in [1.82, 2.24) is 5.43 Å². The maximum Gasteiger partial charge on any atom is 0.144 e. The first kappa shape index (κ1) is 11.2. The van der Waals surface area contributed by atoms with Crippen molar-refractivity contribution in [2.45, 2.75) is 26.5 Å². The van der Waals surface area contributed by atoms with E-state index in [0.717, 1.165) is 0 Å². The molecule has 0 spiro atoms. The Bertz CT molecular complexity index is 187. The van der Waals surface area contributed by atoms with Crippen LogP contribution in [0.2, 0.25) is 0 Å². The molecule has 12 heavy (non-hydrogen) atoms. The summed E-state index contributed by atoms with van der Waals surface area (Å²) in [6.45, 7) is 3.75. The Morgan fingerprint density at radius 1 is 1.42 bits per heavy atom. The summed E-state index contributed by atoms with van der Waals surface area (Å²) < 4.78 is 0. The first-order chi connectivity index (χ1) is 5.33.